The second-order valence-corrected chi connectivity index (χ2v) is 20.3. The van der Waals surface area contributed by atoms with Gasteiger partial charge in [0.05, 0.1) is 95.7 Å². The van der Waals surface area contributed by atoms with E-state index in [4.69, 9.17) is 73.3 Å². The van der Waals surface area contributed by atoms with Crippen LogP contribution in [0.5, 0.6) is 0 Å². The Morgan fingerprint density at radius 2 is 1.13 bits per heavy atom. The zero-order chi connectivity index (χ0) is 68.8. The molecule has 20 atom stereocenters. The maximum absolute atomic E-state index is 12.7. The molecule has 0 radical (unpaired) electrons. The van der Waals surface area contributed by atoms with Crippen LogP contribution < -0.4 is 56.3 Å². The quantitative estimate of drug-likeness (QED) is 0.0126. The summed E-state index contributed by atoms with van der Waals surface area (Å²) in [5, 5.41) is 126. The number of nitrogens with one attached hydrogen (secondary N) is 4. The number of nitrogens with two attached hydrogens (primary N) is 1. The number of aliphatic imine (C=N–C) groups is 2. The van der Waals surface area contributed by atoms with Crippen molar-refractivity contribution >= 4 is 66.3 Å². The van der Waals surface area contributed by atoms with E-state index in [0.29, 0.717) is 19.8 Å². The van der Waals surface area contributed by atoms with Gasteiger partial charge in [-0.3, -0.25) is 29.2 Å². The molecule has 5 aliphatic heterocycles. The Kier molecular flexibility index (Phi) is 52.5. The van der Waals surface area contributed by atoms with Gasteiger partial charge in [-0.15, -0.1) is 12.4 Å². The van der Waals surface area contributed by atoms with E-state index in [9.17, 15) is 74.7 Å². The Bertz CT molecular complexity index is 2110. The SMILES string of the molecule is CCN=C=NCCCN(C)C.CO[C@@H]1C(C(=O)NCCOCCO)O[C@@H](O[C@@H]2C(NC(C)=O)[C@H](C)OC(CO)[C@H]2O)C(O)[C@H]1O.CO[C@@H]1C(C(=O)[O-])O[C@@H](O[C@@H]2C(NC(C)=O)[C@H](C)OC(CO)[C@H]2O)C(O)[C@H]1O.Cl.N=S.NCCOCCO.O=C1CCC(=O)N1O.[Na+]. The van der Waals surface area contributed by atoms with Crippen LogP contribution in [0.4, 0.5) is 0 Å². The van der Waals surface area contributed by atoms with E-state index in [1.807, 2.05) is 6.92 Å². The normalized spacial score (nSPS) is 31.3. The van der Waals surface area contributed by atoms with Crippen molar-refractivity contribution in [3.05, 3.63) is 0 Å². The smallest absolute Gasteiger partial charge is 0.547 e. The first-order valence-corrected chi connectivity index (χ1v) is 28.9. The summed E-state index contributed by atoms with van der Waals surface area (Å²) >= 11 is 3.33. The molecule has 0 aromatic rings. The van der Waals surface area contributed by atoms with Crippen LogP contribution in [0, 0.1) is 4.78 Å². The summed E-state index contributed by atoms with van der Waals surface area (Å²) in [4.78, 5) is 77.7. The van der Waals surface area contributed by atoms with Gasteiger partial charge in [0.15, 0.2) is 18.7 Å². The number of carboxylic acids is 1. The van der Waals surface area contributed by atoms with Gasteiger partial charge in [0.25, 0.3) is 17.7 Å². The Labute approximate surface area is 567 Å². The standard InChI is InChI=1S/C20H36N2O12.C16H27NO11.C8H17N3.C4H5NO3.C4H11NO2.ClH.HNS.Na/c1-9-12(22-10(2)25)16(13(26)11(8-24)32-9)33-20-15(28)14(27)17(30-3)18(34-20)19(29)21-4-6-31-7-5-23;1-5-8(17-6(2)19)12(9(20)7(4-18)26-5)27-16-11(22)10(21)13(25-3)14(28-16)15(23)24;1-4-9-8-10-6-5-7-11(2)3;6-3-1-2-4(7)5(3)8;5-1-3-7-4-2-6;;1-2;/h9,11-18,20,23-24,26-28H,4-8H2,1-3H3,(H,21,29)(H,22,25);5,7-14,16,18,20-22H,4H2,1-3H3,(H,17,19)(H,23,24);4-7H2,1-3H3;8H,1-2H2;6H,1-5H2;1H;1H;/q;;;;;;;+1/p-1/t9-,11?,12?,13+,14+,15?,16+,17-,18?,20+;5-,7?,8?,9+,10+,11?,12+,13-,14?,16+;;;;;;/m00....../s1. The molecule has 0 aliphatic carbocycles. The second kappa shape index (κ2) is 52.0. The number of hydrogen-bond acceptors (Lipinski definition) is 34. The van der Waals surface area contributed by atoms with E-state index in [1.165, 1.54) is 21.0 Å². The van der Waals surface area contributed by atoms with Crippen LogP contribution in [0.15, 0.2) is 9.98 Å². The topological polar surface area (TPSA) is 557 Å². The Morgan fingerprint density at radius 1 is 0.707 bits per heavy atom. The summed E-state index contributed by atoms with van der Waals surface area (Å²) in [7, 11) is 6.48. The number of nitrogens with zero attached hydrogens (tertiary/aromatic N) is 4. The maximum atomic E-state index is 12.7. The summed E-state index contributed by atoms with van der Waals surface area (Å²) in [6.07, 6.45) is -23.2. The van der Waals surface area contributed by atoms with Gasteiger partial charge >= 0.3 is 29.6 Å². The van der Waals surface area contributed by atoms with Gasteiger partial charge in [-0.25, -0.2) is 14.8 Å². The molecule has 5 saturated heterocycles. The fourth-order valence-electron chi connectivity index (χ4n) is 8.86. The monoisotopic (exact) mass is 1390 g/mol. The van der Waals surface area contributed by atoms with Crippen molar-refractivity contribution in [2.75, 3.05) is 114 Å². The average molecular weight is 1390 g/mol. The van der Waals surface area contributed by atoms with Crippen LogP contribution in [-0.4, -0.2) is 344 Å². The minimum absolute atomic E-state index is 0. The van der Waals surface area contributed by atoms with Gasteiger partial charge in [-0.05, 0) is 47.8 Å². The molecule has 0 aromatic carbocycles. The van der Waals surface area contributed by atoms with Gasteiger partial charge in [-0.1, -0.05) is 0 Å². The van der Waals surface area contributed by atoms with Gasteiger partial charge in [-0.2, -0.15) is 5.06 Å². The molecule has 92 heavy (non-hydrogen) atoms. The predicted octanol–water partition coefficient (Wildman–Crippen LogP) is -11.8. The van der Waals surface area contributed by atoms with E-state index in [1.54, 1.807) is 13.8 Å². The van der Waals surface area contributed by atoms with Gasteiger partial charge < -0.3 is 135 Å². The predicted molar refractivity (Wildman–Crippen MR) is 314 cm³/mol. The number of halogens is 1. The van der Waals surface area contributed by atoms with Crippen molar-refractivity contribution in [3.63, 3.8) is 0 Å². The molecule has 5 rings (SSSR count). The first-order valence-electron chi connectivity index (χ1n) is 28.5. The van der Waals surface area contributed by atoms with Gasteiger partial charge in [0.2, 0.25) is 11.8 Å². The van der Waals surface area contributed by atoms with E-state index in [0.717, 1.165) is 33.2 Å². The van der Waals surface area contributed by atoms with Crippen LogP contribution in [0.1, 0.15) is 53.9 Å². The third kappa shape index (κ3) is 32.2. The number of aliphatic hydroxyl groups is 10. The molecule has 40 heteroatoms. The number of imide groups is 1. The summed E-state index contributed by atoms with van der Waals surface area (Å²) in [5.41, 5.74) is 5.06. The Morgan fingerprint density at radius 3 is 1.48 bits per heavy atom. The molecule has 532 valence electrons. The van der Waals surface area contributed by atoms with Crippen LogP contribution in [0.25, 0.3) is 0 Å². The average Bonchev–Trinajstić information content (AvgIpc) is 0.931. The zero-order valence-corrected chi connectivity index (χ0v) is 57.0. The number of carbonyl (C=O) groups is 6. The number of amides is 5. The molecule has 5 fully saturated rings. The molecular weight excluding hydrogens is 1290 g/mol. The first-order chi connectivity index (χ1) is 42.7. The molecule has 0 saturated carbocycles. The fourth-order valence-corrected chi connectivity index (χ4v) is 8.86. The molecule has 0 bridgehead atoms. The maximum Gasteiger partial charge on any atom is 1.00 e. The summed E-state index contributed by atoms with van der Waals surface area (Å²) in [5.74, 6) is -4.27. The van der Waals surface area contributed by atoms with Crippen LogP contribution in [-0.2, 0) is 88.6 Å². The van der Waals surface area contributed by atoms with Crippen LogP contribution >= 0.6 is 12.4 Å². The van der Waals surface area contributed by atoms with E-state index < -0.39 is 171 Å². The third-order valence-corrected chi connectivity index (χ3v) is 13.2. The summed E-state index contributed by atoms with van der Waals surface area (Å²) in [6, 6.07) is 0.839. The van der Waals surface area contributed by atoms with Crippen LogP contribution in [0.3, 0.4) is 0 Å². The van der Waals surface area contributed by atoms with E-state index in [-0.39, 0.29) is 92.8 Å². The largest absolute Gasteiger partial charge is 1.00 e. The molecule has 0 spiro atoms. The number of hydroxylamine groups is 2. The molecule has 17 N–H and O–H groups in total. The minimum Gasteiger partial charge on any atom is -0.547 e. The number of methoxy groups -OCH3 is 2. The van der Waals surface area contributed by atoms with Crippen molar-refractivity contribution in [3.8, 4) is 0 Å². The zero-order valence-electron chi connectivity index (χ0n) is 53.4. The number of rotatable bonds is 26. The molecule has 5 heterocycles. The Hall–Kier alpha value is -3.21. The number of aliphatic hydroxyl groups excluding tert-OH is 10. The molecular formula is C52H97ClN9NaO28S. The molecule has 0 aromatic heterocycles. The number of hydrogen-bond donors (Lipinski definition) is 16. The van der Waals surface area contributed by atoms with Crippen molar-refractivity contribution < 1.29 is 167 Å². The minimum atomic E-state index is -1.75. The summed E-state index contributed by atoms with van der Waals surface area (Å²) < 4.78 is 58.4. The van der Waals surface area contributed by atoms with Gasteiger partial charge in [0.1, 0.15) is 79.4 Å². The van der Waals surface area contributed by atoms with E-state index in [2.05, 4.69) is 63.4 Å². The van der Waals surface area contributed by atoms with Crippen molar-refractivity contribution in [2.45, 2.75) is 176 Å². The second-order valence-electron chi connectivity index (χ2n) is 20.3. The molecule has 5 amide bonds. The summed E-state index contributed by atoms with van der Waals surface area (Å²) in [6.45, 7) is 10.9. The molecule has 8 unspecified atom stereocenters. The number of carboxylic acid groups (broad SMARTS) is 1. The number of ether oxygens (including phenoxy) is 10. The van der Waals surface area contributed by atoms with Crippen molar-refractivity contribution in [1.29, 1.82) is 4.78 Å². The van der Waals surface area contributed by atoms with Gasteiger partial charge in [0, 0.05) is 73.0 Å². The van der Waals surface area contributed by atoms with Crippen LogP contribution in [0.2, 0.25) is 0 Å². The molecule has 5 aliphatic rings. The van der Waals surface area contributed by atoms with Crippen molar-refractivity contribution in [2.24, 2.45) is 15.7 Å². The van der Waals surface area contributed by atoms with Crippen molar-refractivity contribution in [1.82, 2.24) is 25.9 Å². The fraction of sp³-hybridized carbons (Fsp3) is 0.865. The third-order valence-electron chi connectivity index (χ3n) is 13.2. The molecule has 37 nitrogen and oxygen atoms in total. The Balaban J connectivity index is -0.00000121. The number of carbonyl (C=O) groups excluding carboxylic acids is 6. The van der Waals surface area contributed by atoms with E-state index >= 15 is 0 Å². The first kappa shape index (κ1) is 93.0. The number of aliphatic carboxylic acids is 1.